The van der Waals surface area contributed by atoms with E-state index in [4.69, 9.17) is 9.84 Å². The van der Waals surface area contributed by atoms with E-state index >= 15 is 0 Å². The maximum Gasteiger partial charge on any atom is 0.317 e. The fourth-order valence-electron chi connectivity index (χ4n) is 3.11. The molecule has 1 heterocycles. The van der Waals surface area contributed by atoms with Gasteiger partial charge in [-0.3, -0.25) is 4.79 Å². The zero-order valence-corrected chi connectivity index (χ0v) is 12.2. The molecule has 1 aliphatic heterocycles. The highest BCUT2D eigenvalue weighted by Gasteiger charge is 2.34. The second-order valence-corrected chi connectivity index (χ2v) is 5.97. The molecule has 0 bridgehead atoms. The van der Waals surface area contributed by atoms with Gasteiger partial charge in [-0.15, -0.1) is 0 Å². The van der Waals surface area contributed by atoms with E-state index < -0.39 is 5.97 Å². The van der Waals surface area contributed by atoms with Crippen LogP contribution in [0.15, 0.2) is 0 Å². The maximum atomic E-state index is 12.2. The summed E-state index contributed by atoms with van der Waals surface area (Å²) in [5, 5.41) is 12.0. The second-order valence-electron chi connectivity index (χ2n) is 5.97. The number of nitrogens with zero attached hydrogens (tertiary/aromatic N) is 1. The third-order valence-corrected chi connectivity index (χ3v) is 4.36. The third-order valence-electron chi connectivity index (χ3n) is 4.36. The van der Waals surface area contributed by atoms with Gasteiger partial charge in [-0.05, 0) is 32.6 Å². The summed E-state index contributed by atoms with van der Waals surface area (Å²) in [5.74, 6) is -0.989. The number of amides is 2. The number of ether oxygens (including phenoxy) is 1. The molecule has 6 heteroatoms. The summed E-state index contributed by atoms with van der Waals surface area (Å²) in [7, 11) is 0. The molecule has 0 aromatic heterocycles. The topological polar surface area (TPSA) is 78.9 Å². The molecule has 0 spiro atoms. The number of carboxylic acids is 1. The molecule has 2 fully saturated rings. The van der Waals surface area contributed by atoms with Crippen LogP contribution >= 0.6 is 0 Å². The Hall–Kier alpha value is -1.30. The minimum absolute atomic E-state index is 0.0511. The molecule has 1 saturated carbocycles. The lowest BCUT2D eigenvalue weighted by Gasteiger charge is -2.37. The first-order valence-corrected chi connectivity index (χ1v) is 7.38. The normalized spacial score (nSPS) is 34.0. The Kier molecular flexibility index (Phi) is 4.86. The van der Waals surface area contributed by atoms with Crippen LogP contribution in [0, 0.1) is 11.8 Å². The average Bonchev–Trinajstić information content (AvgIpc) is 2.87. The SMILES string of the molecule is CC1CN(C(=O)NCC2CCCC2C(=O)O)C(C)CO1. The molecule has 2 N–H and O–H groups in total. The predicted octanol–water partition coefficient (Wildman–Crippen LogP) is 1.31. The van der Waals surface area contributed by atoms with Crippen molar-refractivity contribution in [2.75, 3.05) is 19.7 Å². The van der Waals surface area contributed by atoms with Crippen molar-refractivity contribution < 1.29 is 19.4 Å². The van der Waals surface area contributed by atoms with Gasteiger partial charge in [0.2, 0.25) is 0 Å². The van der Waals surface area contributed by atoms with E-state index in [1.54, 1.807) is 4.90 Å². The molecule has 2 rings (SSSR count). The summed E-state index contributed by atoms with van der Waals surface area (Å²) in [6, 6.07) is -0.0475. The highest BCUT2D eigenvalue weighted by Crippen LogP contribution is 2.31. The Balaban J connectivity index is 1.84. The van der Waals surface area contributed by atoms with Crippen LogP contribution in [0.25, 0.3) is 0 Å². The first-order valence-electron chi connectivity index (χ1n) is 7.38. The van der Waals surface area contributed by atoms with E-state index in [9.17, 15) is 9.59 Å². The fourth-order valence-corrected chi connectivity index (χ4v) is 3.11. The van der Waals surface area contributed by atoms with Crippen molar-refractivity contribution in [1.29, 1.82) is 0 Å². The van der Waals surface area contributed by atoms with Gasteiger partial charge in [-0.25, -0.2) is 4.79 Å². The Labute approximate surface area is 119 Å². The molecular formula is C14H24N2O4. The summed E-state index contributed by atoms with van der Waals surface area (Å²) in [6.45, 7) is 5.49. The van der Waals surface area contributed by atoms with E-state index in [1.165, 1.54) is 0 Å². The number of carbonyl (C=O) groups is 2. The van der Waals surface area contributed by atoms with Gasteiger partial charge < -0.3 is 20.1 Å². The Morgan fingerprint density at radius 2 is 2.10 bits per heavy atom. The molecule has 114 valence electrons. The van der Waals surface area contributed by atoms with Gasteiger partial charge in [-0.2, -0.15) is 0 Å². The predicted molar refractivity (Wildman–Crippen MR) is 73.4 cm³/mol. The number of aliphatic carboxylic acids is 1. The quantitative estimate of drug-likeness (QED) is 0.819. The highest BCUT2D eigenvalue weighted by atomic mass is 16.5. The maximum absolute atomic E-state index is 12.2. The lowest BCUT2D eigenvalue weighted by Crippen LogP contribution is -2.54. The summed E-state index contributed by atoms with van der Waals surface area (Å²) in [6.07, 6.45) is 2.59. The van der Waals surface area contributed by atoms with Crippen LogP contribution in [-0.4, -0.2) is 53.8 Å². The third kappa shape index (κ3) is 3.42. The molecule has 0 aromatic carbocycles. The summed E-state index contributed by atoms with van der Waals surface area (Å²) in [5.41, 5.74) is 0. The number of carboxylic acid groups (broad SMARTS) is 1. The van der Waals surface area contributed by atoms with Crippen LogP contribution in [-0.2, 0) is 9.53 Å². The van der Waals surface area contributed by atoms with Crippen LogP contribution in [0.1, 0.15) is 33.1 Å². The lowest BCUT2D eigenvalue weighted by molar-refractivity contribution is -0.142. The molecule has 20 heavy (non-hydrogen) atoms. The van der Waals surface area contributed by atoms with Gasteiger partial charge in [0.05, 0.1) is 24.7 Å². The number of nitrogens with one attached hydrogen (secondary N) is 1. The van der Waals surface area contributed by atoms with Gasteiger partial charge in [-0.1, -0.05) is 6.42 Å². The number of rotatable bonds is 3. The van der Waals surface area contributed by atoms with Crippen molar-refractivity contribution in [1.82, 2.24) is 10.2 Å². The van der Waals surface area contributed by atoms with Crippen LogP contribution in [0.2, 0.25) is 0 Å². The van der Waals surface area contributed by atoms with Crippen LogP contribution in [0.5, 0.6) is 0 Å². The van der Waals surface area contributed by atoms with Crippen molar-refractivity contribution in [3.8, 4) is 0 Å². The molecule has 1 aliphatic carbocycles. The van der Waals surface area contributed by atoms with Gasteiger partial charge in [0.1, 0.15) is 0 Å². The van der Waals surface area contributed by atoms with Crippen LogP contribution < -0.4 is 5.32 Å². The summed E-state index contributed by atoms with van der Waals surface area (Å²) in [4.78, 5) is 25.1. The number of hydrogen-bond acceptors (Lipinski definition) is 3. The van der Waals surface area contributed by atoms with Gasteiger partial charge in [0.15, 0.2) is 0 Å². The van der Waals surface area contributed by atoms with E-state index in [1.807, 2.05) is 13.8 Å². The van der Waals surface area contributed by atoms with Crippen molar-refractivity contribution >= 4 is 12.0 Å². The first-order chi connectivity index (χ1) is 9.49. The Bertz CT molecular complexity index is 374. The molecular weight excluding hydrogens is 260 g/mol. The number of hydrogen-bond donors (Lipinski definition) is 2. The average molecular weight is 284 g/mol. The van der Waals surface area contributed by atoms with Gasteiger partial charge >= 0.3 is 12.0 Å². The standard InChI is InChI=1S/C14H24N2O4/c1-9-8-20-10(2)7-16(9)14(19)15-6-11-4-3-5-12(11)13(17)18/h9-12H,3-8H2,1-2H3,(H,15,19)(H,17,18). The molecule has 6 nitrogen and oxygen atoms in total. The molecule has 4 unspecified atom stereocenters. The zero-order valence-electron chi connectivity index (χ0n) is 12.2. The van der Waals surface area contributed by atoms with Crippen molar-refractivity contribution in [3.05, 3.63) is 0 Å². The van der Waals surface area contributed by atoms with E-state index in [2.05, 4.69) is 5.32 Å². The molecule has 1 saturated heterocycles. The fraction of sp³-hybridized carbons (Fsp3) is 0.857. The molecule has 4 atom stereocenters. The second kappa shape index (κ2) is 6.43. The summed E-state index contributed by atoms with van der Waals surface area (Å²) < 4.78 is 5.50. The van der Waals surface area contributed by atoms with Crippen molar-refractivity contribution in [3.63, 3.8) is 0 Å². The van der Waals surface area contributed by atoms with Crippen molar-refractivity contribution in [2.24, 2.45) is 11.8 Å². The largest absolute Gasteiger partial charge is 0.481 e. The molecule has 0 aromatic rings. The lowest BCUT2D eigenvalue weighted by atomic mass is 9.96. The number of morpholine rings is 1. The minimum Gasteiger partial charge on any atom is -0.481 e. The van der Waals surface area contributed by atoms with Gasteiger partial charge in [0, 0.05) is 13.1 Å². The highest BCUT2D eigenvalue weighted by molar-refractivity contribution is 5.75. The summed E-state index contributed by atoms with van der Waals surface area (Å²) >= 11 is 0. The van der Waals surface area contributed by atoms with E-state index in [0.29, 0.717) is 19.7 Å². The Morgan fingerprint density at radius 1 is 1.35 bits per heavy atom. The minimum atomic E-state index is -0.741. The number of urea groups is 1. The van der Waals surface area contributed by atoms with Crippen LogP contribution in [0.3, 0.4) is 0 Å². The van der Waals surface area contributed by atoms with E-state index in [-0.39, 0.29) is 30.0 Å². The molecule has 2 amide bonds. The van der Waals surface area contributed by atoms with E-state index in [0.717, 1.165) is 19.3 Å². The van der Waals surface area contributed by atoms with Crippen molar-refractivity contribution in [2.45, 2.75) is 45.3 Å². The molecule has 0 radical (unpaired) electrons. The van der Waals surface area contributed by atoms with Crippen LogP contribution in [0.4, 0.5) is 4.79 Å². The smallest absolute Gasteiger partial charge is 0.317 e. The monoisotopic (exact) mass is 284 g/mol. The number of carbonyl (C=O) groups excluding carboxylic acids is 1. The Morgan fingerprint density at radius 3 is 2.80 bits per heavy atom. The zero-order chi connectivity index (χ0) is 14.7. The van der Waals surface area contributed by atoms with Gasteiger partial charge in [0.25, 0.3) is 0 Å². The first kappa shape index (κ1) is 15.1. The molecule has 2 aliphatic rings.